The fourth-order valence-corrected chi connectivity index (χ4v) is 8.17. The van der Waals surface area contributed by atoms with Gasteiger partial charge >= 0.3 is 0 Å². The molecule has 31 heavy (non-hydrogen) atoms. The van der Waals surface area contributed by atoms with E-state index in [0.717, 1.165) is 31.9 Å². The summed E-state index contributed by atoms with van der Waals surface area (Å²) in [5.74, 6) is 0. The Kier molecular flexibility index (Phi) is 9.45. The van der Waals surface area contributed by atoms with Crippen molar-refractivity contribution in [3.63, 3.8) is 0 Å². The summed E-state index contributed by atoms with van der Waals surface area (Å²) in [5, 5.41) is 5.18. The lowest BCUT2D eigenvalue weighted by atomic mass is 9.87. The van der Waals surface area contributed by atoms with Crippen LogP contribution in [0.15, 0.2) is 59.3 Å². The van der Waals surface area contributed by atoms with Crippen molar-refractivity contribution in [1.29, 1.82) is 0 Å². The molecule has 2 aromatic rings. The first kappa shape index (κ1) is 25.7. The number of thiocarbonyl (C=S) groups is 1. The molecule has 1 N–H and O–H groups in total. The van der Waals surface area contributed by atoms with Crippen LogP contribution < -0.4 is 10.6 Å². The highest BCUT2D eigenvalue weighted by Crippen LogP contribution is 2.55. The summed E-state index contributed by atoms with van der Waals surface area (Å²) in [5.41, 5.74) is 2.41. The molecule has 0 aliphatic rings. The van der Waals surface area contributed by atoms with E-state index in [1.54, 1.807) is 0 Å². The summed E-state index contributed by atoms with van der Waals surface area (Å²) in [6, 6.07) is 19.2. The Balaban J connectivity index is 2.55. The van der Waals surface area contributed by atoms with Crippen LogP contribution in [0.3, 0.4) is 0 Å². The maximum Gasteiger partial charge on any atom is 0.198 e. The minimum atomic E-state index is -2.21. The van der Waals surface area contributed by atoms with Gasteiger partial charge in [-0.1, -0.05) is 90.9 Å². The molecule has 0 amide bonds. The van der Waals surface area contributed by atoms with Crippen LogP contribution in [0.5, 0.6) is 0 Å². The molecule has 0 fully saturated rings. The van der Waals surface area contributed by atoms with E-state index in [1.807, 2.05) is 0 Å². The zero-order chi connectivity index (χ0) is 23.1. The lowest BCUT2D eigenvalue weighted by Crippen LogP contribution is -2.38. The molecule has 0 bridgehead atoms. The van der Waals surface area contributed by atoms with Gasteiger partial charge in [-0.3, -0.25) is 9.34 Å². The van der Waals surface area contributed by atoms with Gasteiger partial charge in [-0.05, 0) is 35.3 Å². The zero-order valence-corrected chi connectivity index (χ0v) is 21.9. The predicted octanol–water partition coefficient (Wildman–Crippen LogP) is 6.72. The van der Waals surface area contributed by atoms with Crippen LogP contribution in [0.1, 0.15) is 54.0 Å². The third kappa shape index (κ3) is 6.04. The highest BCUT2D eigenvalue weighted by atomic mass is 32.1. The van der Waals surface area contributed by atoms with E-state index in [2.05, 4.69) is 118 Å². The van der Waals surface area contributed by atoms with Crippen LogP contribution in [0, 0.1) is 0 Å². The van der Waals surface area contributed by atoms with E-state index in [-0.39, 0.29) is 5.41 Å². The first-order valence-electron chi connectivity index (χ1n) is 11.3. The summed E-state index contributed by atoms with van der Waals surface area (Å²) in [4.78, 5) is 0. The minimum Gasteiger partial charge on any atom is -0.331 e. The van der Waals surface area contributed by atoms with Crippen molar-refractivity contribution in [3.8, 4) is 0 Å². The van der Waals surface area contributed by atoms with Crippen molar-refractivity contribution in [2.24, 2.45) is 4.74 Å². The van der Waals surface area contributed by atoms with E-state index in [4.69, 9.17) is 17.0 Å². The number of nitrogens with zero attached hydrogens (tertiary/aromatic N) is 3. The van der Waals surface area contributed by atoms with Crippen molar-refractivity contribution < 1.29 is 0 Å². The topological polar surface area (TPSA) is 30.9 Å². The predicted molar refractivity (Wildman–Crippen MR) is 143 cm³/mol. The van der Waals surface area contributed by atoms with Crippen molar-refractivity contribution in [3.05, 3.63) is 60.2 Å². The number of anilines is 1. The smallest absolute Gasteiger partial charge is 0.198 e. The van der Waals surface area contributed by atoms with Crippen LogP contribution in [0.2, 0.25) is 0 Å². The lowest BCUT2D eigenvalue weighted by molar-refractivity contribution is 0.421. The van der Waals surface area contributed by atoms with Crippen LogP contribution in [0.4, 0.5) is 5.69 Å². The van der Waals surface area contributed by atoms with Gasteiger partial charge in [0.2, 0.25) is 0 Å². The van der Waals surface area contributed by atoms with E-state index >= 15 is 0 Å². The number of benzene rings is 2. The summed E-state index contributed by atoms with van der Waals surface area (Å²) in [6.45, 7) is 19.2. The Hall–Kier alpha value is -1.52. The minimum absolute atomic E-state index is 0.128. The monoisotopic (exact) mass is 458 g/mol. The van der Waals surface area contributed by atoms with E-state index in [0.29, 0.717) is 5.11 Å². The second kappa shape index (κ2) is 11.4. The van der Waals surface area contributed by atoms with Gasteiger partial charge in [0.25, 0.3) is 0 Å². The molecule has 0 radical (unpaired) electrons. The van der Waals surface area contributed by atoms with Gasteiger partial charge in [0.05, 0.1) is 0 Å². The number of hydrogen-bond donors (Lipinski definition) is 1. The summed E-state index contributed by atoms with van der Waals surface area (Å²) in [7, 11) is -2.21. The maximum absolute atomic E-state index is 5.82. The average Bonchev–Trinajstić information content (AvgIpc) is 2.75. The van der Waals surface area contributed by atoms with E-state index in [9.17, 15) is 0 Å². The van der Waals surface area contributed by atoms with E-state index in [1.165, 1.54) is 10.9 Å². The van der Waals surface area contributed by atoms with Gasteiger partial charge in [0.1, 0.15) is 7.36 Å². The van der Waals surface area contributed by atoms with Gasteiger partial charge in [-0.25, -0.2) is 4.74 Å². The Labute approximate surface area is 195 Å². The van der Waals surface area contributed by atoms with Gasteiger partial charge in [-0.15, -0.1) is 0 Å². The number of rotatable bonds is 8. The molecule has 0 heterocycles. The molecular weight excluding hydrogens is 419 g/mol. The van der Waals surface area contributed by atoms with Crippen LogP contribution in [-0.4, -0.2) is 40.6 Å². The fraction of sp³-hybridized carbons (Fsp3) is 0.480. The second-order valence-electron chi connectivity index (χ2n) is 8.54. The molecule has 6 heteroatoms. The molecular formula is C25H39N4PS. The molecule has 0 saturated carbocycles. The summed E-state index contributed by atoms with van der Waals surface area (Å²) >= 11 is 5.82. The first-order chi connectivity index (χ1) is 14.7. The van der Waals surface area contributed by atoms with Crippen LogP contribution in [-0.2, 0) is 5.41 Å². The molecule has 2 aromatic carbocycles. The normalized spacial score (nSPS) is 12.3. The third-order valence-corrected chi connectivity index (χ3v) is 10.1. The number of hydrogen-bond acceptors (Lipinski definition) is 1. The van der Waals surface area contributed by atoms with Gasteiger partial charge < -0.3 is 5.32 Å². The number of nitrogens with one attached hydrogen (secondary N) is 1. The summed E-state index contributed by atoms with van der Waals surface area (Å²) < 4.78 is 10.3. The molecule has 170 valence electrons. The van der Waals surface area contributed by atoms with Gasteiger partial charge in [-0.2, -0.15) is 0 Å². The Morgan fingerprint density at radius 2 is 1.32 bits per heavy atom. The first-order valence-corrected chi connectivity index (χ1v) is 13.4. The standard InChI is InChI=1S/C25H39N4PS/c1-8-28(9-2)30(29(10-3)11-4,23-15-13-12-14-16-23)27-24(31)26-22-19-17-21(18-20-22)25(5,6)7/h12-20H,8-11H2,1-7H3,(H,26,31). The quantitative estimate of drug-likeness (QED) is 0.351. The molecule has 0 unspecified atom stereocenters. The molecule has 0 aromatic heterocycles. The molecule has 0 atom stereocenters. The van der Waals surface area contributed by atoms with Crippen molar-refractivity contribution >= 4 is 35.7 Å². The van der Waals surface area contributed by atoms with Crippen molar-refractivity contribution in [2.45, 2.75) is 53.9 Å². The zero-order valence-electron chi connectivity index (χ0n) is 20.2. The van der Waals surface area contributed by atoms with Crippen molar-refractivity contribution in [1.82, 2.24) is 9.34 Å². The van der Waals surface area contributed by atoms with Crippen molar-refractivity contribution in [2.75, 3.05) is 31.5 Å². The lowest BCUT2D eigenvalue weighted by Gasteiger charge is -2.43. The van der Waals surface area contributed by atoms with Crippen LogP contribution >= 0.6 is 19.6 Å². The fourth-order valence-electron chi connectivity index (χ4n) is 3.88. The van der Waals surface area contributed by atoms with Gasteiger partial charge in [0.15, 0.2) is 5.11 Å². The SMILES string of the molecule is CCN(CC)P(=NC(=S)Nc1ccc(C(C)(C)C)cc1)(c1ccccc1)N(CC)CC. The molecule has 2 rings (SSSR count). The van der Waals surface area contributed by atoms with Gasteiger partial charge in [0, 0.05) is 37.2 Å². The average molecular weight is 459 g/mol. The highest BCUT2D eigenvalue weighted by molar-refractivity contribution is 7.81. The molecule has 4 nitrogen and oxygen atoms in total. The van der Waals surface area contributed by atoms with E-state index < -0.39 is 7.36 Å². The molecule has 0 saturated heterocycles. The Morgan fingerprint density at radius 1 is 0.839 bits per heavy atom. The third-order valence-electron chi connectivity index (χ3n) is 5.58. The molecule has 0 aliphatic heterocycles. The Morgan fingerprint density at radius 3 is 1.74 bits per heavy atom. The molecule has 0 spiro atoms. The van der Waals surface area contributed by atoms with Crippen LogP contribution in [0.25, 0.3) is 0 Å². The highest BCUT2D eigenvalue weighted by Gasteiger charge is 2.34. The summed E-state index contributed by atoms with van der Waals surface area (Å²) in [6.07, 6.45) is 0. The maximum atomic E-state index is 5.82. The Bertz CT molecular complexity index is 864. The second-order valence-corrected chi connectivity index (χ2v) is 11.9. The largest absolute Gasteiger partial charge is 0.331 e. The molecule has 0 aliphatic carbocycles.